The molecule has 0 saturated heterocycles. The van der Waals surface area contributed by atoms with Gasteiger partial charge in [-0.25, -0.2) is 4.98 Å². The molecule has 1 aromatic carbocycles. The molecule has 4 nitrogen and oxygen atoms in total. The van der Waals surface area contributed by atoms with Crippen LogP contribution in [0.2, 0.25) is 0 Å². The molecule has 0 aliphatic heterocycles. The lowest BCUT2D eigenvalue weighted by Crippen LogP contribution is -2.24. The summed E-state index contributed by atoms with van der Waals surface area (Å²) in [7, 11) is 0. The van der Waals surface area contributed by atoms with E-state index < -0.39 is 12.0 Å². The zero-order valence-electron chi connectivity index (χ0n) is 9.25. The monoisotopic (exact) mass is 248 g/mol. The molecule has 0 radical (unpaired) electrons. The van der Waals surface area contributed by atoms with Crippen LogP contribution in [0.15, 0.2) is 35.8 Å². The lowest BCUT2D eigenvalue weighted by molar-refractivity contribution is -0.123. The number of thiazole rings is 1. The first-order valence-electron chi connectivity index (χ1n) is 5.15. The van der Waals surface area contributed by atoms with Crippen LogP contribution in [0.25, 0.3) is 10.6 Å². The maximum Gasteiger partial charge on any atom is 0.252 e. The van der Waals surface area contributed by atoms with E-state index in [1.165, 1.54) is 6.92 Å². The minimum Gasteiger partial charge on any atom is -0.384 e. The molecule has 0 spiro atoms. The van der Waals surface area contributed by atoms with Gasteiger partial charge in [-0.05, 0) is 31.2 Å². The minimum absolute atomic E-state index is 0.410. The standard InChI is InChI=1S/C12H12N2O2S/c1-8(15)11(16)14-10-4-2-9(3-5-10)12-13-6-7-17-12/h2-8,15H,1H3,(H,14,16). The molecule has 2 N–H and O–H groups in total. The van der Waals surface area contributed by atoms with Gasteiger partial charge in [0.05, 0.1) is 0 Å². The second kappa shape index (κ2) is 5.07. The van der Waals surface area contributed by atoms with Crippen molar-refractivity contribution in [1.82, 2.24) is 4.98 Å². The molecule has 2 aromatic rings. The highest BCUT2D eigenvalue weighted by molar-refractivity contribution is 7.13. The second-order valence-electron chi connectivity index (χ2n) is 3.58. The van der Waals surface area contributed by atoms with E-state index in [1.807, 2.05) is 17.5 Å². The van der Waals surface area contributed by atoms with Gasteiger partial charge in [0.2, 0.25) is 0 Å². The number of carbonyl (C=O) groups excluding carboxylic acids is 1. The quantitative estimate of drug-likeness (QED) is 0.874. The van der Waals surface area contributed by atoms with Gasteiger partial charge in [-0.3, -0.25) is 4.79 Å². The Balaban J connectivity index is 2.11. The Labute approximate surface area is 103 Å². The Morgan fingerprint density at radius 1 is 1.41 bits per heavy atom. The van der Waals surface area contributed by atoms with Gasteiger partial charge in [-0.1, -0.05) is 0 Å². The minimum atomic E-state index is -1.01. The summed E-state index contributed by atoms with van der Waals surface area (Å²) in [5, 5.41) is 14.5. The van der Waals surface area contributed by atoms with E-state index in [2.05, 4.69) is 10.3 Å². The summed E-state index contributed by atoms with van der Waals surface area (Å²) >= 11 is 1.56. The normalized spacial score (nSPS) is 12.1. The van der Waals surface area contributed by atoms with Gasteiger partial charge in [0.15, 0.2) is 0 Å². The maximum absolute atomic E-state index is 11.3. The van der Waals surface area contributed by atoms with Crippen LogP contribution in [0.3, 0.4) is 0 Å². The lowest BCUT2D eigenvalue weighted by Gasteiger charge is -2.07. The fraction of sp³-hybridized carbons (Fsp3) is 0.167. The Morgan fingerprint density at radius 3 is 2.65 bits per heavy atom. The van der Waals surface area contributed by atoms with Gasteiger partial charge < -0.3 is 10.4 Å². The number of nitrogens with zero attached hydrogens (tertiary/aromatic N) is 1. The number of aromatic nitrogens is 1. The van der Waals surface area contributed by atoms with Crippen LogP contribution in [0.4, 0.5) is 5.69 Å². The van der Waals surface area contributed by atoms with Gasteiger partial charge in [0, 0.05) is 22.8 Å². The van der Waals surface area contributed by atoms with E-state index in [0.717, 1.165) is 10.6 Å². The van der Waals surface area contributed by atoms with E-state index in [-0.39, 0.29) is 0 Å². The molecule has 5 heteroatoms. The summed E-state index contributed by atoms with van der Waals surface area (Å²) in [6, 6.07) is 7.35. The summed E-state index contributed by atoms with van der Waals surface area (Å²) in [6.45, 7) is 1.43. The SMILES string of the molecule is CC(O)C(=O)Nc1ccc(-c2nccs2)cc1. The van der Waals surface area contributed by atoms with Gasteiger partial charge in [-0.2, -0.15) is 0 Å². The number of amides is 1. The van der Waals surface area contributed by atoms with Crippen LogP contribution in [0.1, 0.15) is 6.92 Å². The third kappa shape index (κ3) is 2.89. The van der Waals surface area contributed by atoms with E-state index in [4.69, 9.17) is 5.11 Å². The molecule has 0 fully saturated rings. The lowest BCUT2D eigenvalue weighted by atomic mass is 10.2. The summed E-state index contributed by atoms with van der Waals surface area (Å²) < 4.78 is 0. The number of benzene rings is 1. The number of hydrogen-bond acceptors (Lipinski definition) is 4. The first-order valence-corrected chi connectivity index (χ1v) is 6.03. The molecule has 0 saturated carbocycles. The molecule has 17 heavy (non-hydrogen) atoms. The summed E-state index contributed by atoms with van der Waals surface area (Å²) in [4.78, 5) is 15.5. The largest absolute Gasteiger partial charge is 0.384 e. The van der Waals surface area contributed by atoms with Crippen LogP contribution in [-0.4, -0.2) is 22.1 Å². The highest BCUT2D eigenvalue weighted by atomic mass is 32.1. The van der Waals surface area contributed by atoms with Gasteiger partial charge >= 0.3 is 0 Å². The number of anilines is 1. The van der Waals surface area contributed by atoms with Gasteiger partial charge in [-0.15, -0.1) is 11.3 Å². The van der Waals surface area contributed by atoms with Crippen molar-refractivity contribution < 1.29 is 9.90 Å². The first-order chi connectivity index (χ1) is 8.16. The Bertz CT molecular complexity index is 492. The fourth-order valence-corrected chi connectivity index (χ4v) is 1.95. The van der Waals surface area contributed by atoms with Crippen molar-refractivity contribution in [3.05, 3.63) is 35.8 Å². The van der Waals surface area contributed by atoms with E-state index >= 15 is 0 Å². The highest BCUT2D eigenvalue weighted by Gasteiger charge is 2.08. The zero-order valence-corrected chi connectivity index (χ0v) is 10.1. The van der Waals surface area contributed by atoms with Crippen LogP contribution in [0, 0.1) is 0 Å². The third-order valence-corrected chi connectivity index (χ3v) is 3.03. The zero-order chi connectivity index (χ0) is 12.3. The smallest absolute Gasteiger partial charge is 0.252 e. The van der Waals surface area contributed by atoms with Crippen molar-refractivity contribution in [3.63, 3.8) is 0 Å². The Kier molecular flexibility index (Phi) is 3.51. The van der Waals surface area contributed by atoms with Crippen molar-refractivity contribution in [1.29, 1.82) is 0 Å². The fourth-order valence-electron chi connectivity index (χ4n) is 1.31. The molecule has 2 rings (SSSR count). The van der Waals surface area contributed by atoms with Gasteiger partial charge in [0.25, 0.3) is 5.91 Å². The molecule has 88 valence electrons. The summed E-state index contributed by atoms with van der Waals surface area (Å²) in [5.74, 6) is -0.410. The van der Waals surface area contributed by atoms with Gasteiger partial charge in [0.1, 0.15) is 11.1 Å². The molecule has 1 heterocycles. The molecule has 0 aliphatic carbocycles. The summed E-state index contributed by atoms with van der Waals surface area (Å²) in [6.07, 6.45) is 0.747. The van der Waals surface area contributed by atoms with Crippen molar-refractivity contribution in [2.75, 3.05) is 5.32 Å². The molecule has 1 amide bonds. The predicted molar refractivity (Wildman–Crippen MR) is 67.9 cm³/mol. The number of rotatable bonds is 3. The Morgan fingerprint density at radius 2 is 2.12 bits per heavy atom. The van der Waals surface area contributed by atoms with Crippen molar-refractivity contribution in [2.45, 2.75) is 13.0 Å². The number of nitrogens with one attached hydrogen (secondary N) is 1. The van der Waals surface area contributed by atoms with Crippen molar-refractivity contribution in [3.8, 4) is 10.6 Å². The van der Waals surface area contributed by atoms with Crippen LogP contribution >= 0.6 is 11.3 Å². The van der Waals surface area contributed by atoms with E-state index in [1.54, 1.807) is 29.7 Å². The number of hydrogen-bond donors (Lipinski definition) is 2. The molecule has 1 aromatic heterocycles. The average molecular weight is 248 g/mol. The average Bonchev–Trinajstić information content (AvgIpc) is 2.83. The molecule has 1 atom stereocenters. The predicted octanol–water partition coefficient (Wildman–Crippen LogP) is 2.13. The topological polar surface area (TPSA) is 62.2 Å². The molecule has 0 bridgehead atoms. The molecule has 1 unspecified atom stereocenters. The highest BCUT2D eigenvalue weighted by Crippen LogP contribution is 2.23. The second-order valence-corrected chi connectivity index (χ2v) is 4.47. The van der Waals surface area contributed by atoms with Crippen LogP contribution in [-0.2, 0) is 4.79 Å². The molecular formula is C12H12N2O2S. The maximum atomic E-state index is 11.3. The van der Waals surface area contributed by atoms with Crippen LogP contribution in [0.5, 0.6) is 0 Å². The molecular weight excluding hydrogens is 236 g/mol. The number of aliphatic hydroxyl groups is 1. The Hall–Kier alpha value is -1.72. The molecule has 0 aliphatic rings. The van der Waals surface area contributed by atoms with Crippen molar-refractivity contribution in [2.24, 2.45) is 0 Å². The first kappa shape index (κ1) is 11.8. The number of aliphatic hydroxyl groups excluding tert-OH is 1. The van der Waals surface area contributed by atoms with Crippen LogP contribution < -0.4 is 5.32 Å². The number of carbonyl (C=O) groups is 1. The van der Waals surface area contributed by atoms with E-state index in [9.17, 15) is 4.79 Å². The summed E-state index contributed by atoms with van der Waals surface area (Å²) in [5.41, 5.74) is 1.67. The van der Waals surface area contributed by atoms with E-state index in [0.29, 0.717) is 5.69 Å². The van der Waals surface area contributed by atoms with Crippen molar-refractivity contribution >= 4 is 22.9 Å². The third-order valence-electron chi connectivity index (χ3n) is 2.21.